The summed E-state index contributed by atoms with van der Waals surface area (Å²) in [5.74, 6) is 0.00667. The van der Waals surface area contributed by atoms with E-state index < -0.39 is 6.04 Å². The lowest BCUT2D eigenvalue weighted by Gasteiger charge is -2.19. The van der Waals surface area contributed by atoms with Crippen molar-refractivity contribution in [3.8, 4) is 0 Å². The molecule has 3 rings (SSSR count). The van der Waals surface area contributed by atoms with E-state index in [-0.39, 0.29) is 11.7 Å². The number of aryl methyl sites for hydroxylation is 1. The van der Waals surface area contributed by atoms with Gasteiger partial charge in [-0.1, -0.05) is 18.2 Å². The van der Waals surface area contributed by atoms with Crippen LogP contribution in [0.2, 0.25) is 0 Å². The van der Waals surface area contributed by atoms with Crippen molar-refractivity contribution in [2.45, 2.75) is 6.04 Å². The SMILES string of the molecule is Cn1ccnc1[C@@H](NC(=O)c1ccccn1)c1ccc(F)cc1. The highest BCUT2D eigenvalue weighted by atomic mass is 19.1. The molecule has 0 aliphatic heterocycles. The monoisotopic (exact) mass is 310 g/mol. The number of benzene rings is 1. The number of carbonyl (C=O) groups excluding carboxylic acids is 1. The number of carbonyl (C=O) groups is 1. The number of amides is 1. The van der Waals surface area contributed by atoms with Crippen molar-refractivity contribution < 1.29 is 9.18 Å². The summed E-state index contributed by atoms with van der Waals surface area (Å²) in [4.78, 5) is 20.8. The molecule has 0 saturated carbocycles. The van der Waals surface area contributed by atoms with E-state index >= 15 is 0 Å². The Morgan fingerprint density at radius 2 is 1.91 bits per heavy atom. The van der Waals surface area contributed by atoms with Gasteiger partial charge in [0.2, 0.25) is 0 Å². The number of imidazole rings is 1. The number of halogens is 1. The Labute approximate surface area is 132 Å². The molecule has 2 heterocycles. The lowest BCUT2D eigenvalue weighted by atomic mass is 10.1. The summed E-state index contributed by atoms with van der Waals surface area (Å²) >= 11 is 0. The zero-order valence-electron chi connectivity index (χ0n) is 12.5. The highest BCUT2D eigenvalue weighted by molar-refractivity contribution is 5.92. The van der Waals surface area contributed by atoms with Gasteiger partial charge in [0.15, 0.2) is 0 Å². The zero-order valence-corrected chi connectivity index (χ0v) is 12.5. The van der Waals surface area contributed by atoms with Gasteiger partial charge >= 0.3 is 0 Å². The van der Waals surface area contributed by atoms with Crippen molar-refractivity contribution in [2.24, 2.45) is 7.05 Å². The van der Waals surface area contributed by atoms with E-state index in [4.69, 9.17) is 0 Å². The molecule has 0 aliphatic carbocycles. The van der Waals surface area contributed by atoms with E-state index in [1.807, 2.05) is 11.6 Å². The maximum atomic E-state index is 13.2. The quantitative estimate of drug-likeness (QED) is 0.805. The van der Waals surface area contributed by atoms with E-state index in [0.717, 1.165) is 5.56 Å². The summed E-state index contributed by atoms with van der Waals surface area (Å²) in [7, 11) is 1.84. The molecule has 23 heavy (non-hydrogen) atoms. The summed E-state index contributed by atoms with van der Waals surface area (Å²) in [6.07, 6.45) is 5.00. The molecule has 6 heteroatoms. The van der Waals surface area contributed by atoms with Crippen molar-refractivity contribution in [3.63, 3.8) is 0 Å². The van der Waals surface area contributed by atoms with Crippen LogP contribution in [-0.2, 0) is 7.05 Å². The van der Waals surface area contributed by atoms with Crippen LogP contribution < -0.4 is 5.32 Å². The third-order valence-electron chi connectivity index (χ3n) is 3.49. The van der Waals surface area contributed by atoms with Crippen LogP contribution in [0, 0.1) is 5.82 Å². The van der Waals surface area contributed by atoms with E-state index in [0.29, 0.717) is 11.5 Å². The molecular formula is C17H15FN4O. The molecule has 5 nitrogen and oxygen atoms in total. The van der Waals surface area contributed by atoms with Gasteiger partial charge in [0.25, 0.3) is 5.91 Å². The third-order valence-corrected chi connectivity index (χ3v) is 3.49. The second kappa shape index (κ2) is 6.39. The summed E-state index contributed by atoms with van der Waals surface area (Å²) in [6.45, 7) is 0. The lowest BCUT2D eigenvalue weighted by Crippen LogP contribution is -2.31. The third kappa shape index (κ3) is 3.26. The minimum Gasteiger partial charge on any atom is -0.337 e. The van der Waals surface area contributed by atoms with Crippen LogP contribution in [0.5, 0.6) is 0 Å². The molecule has 1 aromatic carbocycles. The summed E-state index contributed by atoms with van der Waals surface area (Å²) in [6, 6.07) is 10.6. The summed E-state index contributed by atoms with van der Waals surface area (Å²) in [5.41, 5.74) is 1.05. The van der Waals surface area contributed by atoms with E-state index in [9.17, 15) is 9.18 Å². The molecule has 116 valence electrons. The van der Waals surface area contributed by atoms with Crippen molar-refractivity contribution in [1.29, 1.82) is 0 Å². The van der Waals surface area contributed by atoms with Gasteiger partial charge in [-0.2, -0.15) is 0 Å². The van der Waals surface area contributed by atoms with Crippen LogP contribution >= 0.6 is 0 Å². The van der Waals surface area contributed by atoms with Gasteiger partial charge in [-0.15, -0.1) is 0 Å². The number of rotatable bonds is 4. The Hall–Kier alpha value is -3.02. The highest BCUT2D eigenvalue weighted by Gasteiger charge is 2.21. The smallest absolute Gasteiger partial charge is 0.270 e. The van der Waals surface area contributed by atoms with Crippen molar-refractivity contribution in [1.82, 2.24) is 19.9 Å². The van der Waals surface area contributed by atoms with Crippen LogP contribution in [-0.4, -0.2) is 20.4 Å². The van der Waals surface area contributed by atoms with Gasteiger partial charge < -0.3 is 9.88 Å². The minimum atomic E-state index is -0.495. The molecule has 1 amide bonds. The number of nitrogens with zero attached hydrogens (tertiary/aromatic N) is 3. The first-order valence-electron chi connectivity index (χ1n) is 7.10. The standard InChI is InChI=1S/C17H15FN4O/c1-22-11-10-20-16(22)15(12-5-7-13(18)8-6-12)21-17(23)14-4-2-3-9-19-14/h2-11,15H,1H3,(H,21,23)/t15-/m0/s1. The molecule has 0 spiro atoms. The van der Waals surface area contributed by atoms with Crippen molar-refractivity contribution in [3.05, 3.63) is 84.0 Å². The van der Waals surface area contributed by atoms with Gasteiger partial charge in [-0.3, -0.25) is 9.78 Å². The summed E-state index contributed by atoms with van der Waals surface area (Å²) in [5, 5.41) is 2.91. The topological polar surface area (TPSA) is 59.8 Å². The summed E-state index contributed by atoms with van der Waals surface area (Å²) < 4.78 is 15.0. The fourth-order valence-corrected chi connectivity index (χ4v) is 2.31. The minimum absolute atomic E-state index is 0.314. The maximum absolute atomic E-state index is 13.2. The zero-order chi connectivity index (χ0) is 16.2. The van der Waals surface area contributed by atoms with Crippen molar-refractivity contribution >= 4 is 5.91 Å². The second-order valence-corrected chi connectivity index (χ2v) is 5.07. The van der Waals surface area contributed by atoms with Gasteiger partial charge in [0, 0.05) is 25.6 Å². The van der Waals surface area contributed by atoms with Crippen LogP contribution in [0.15, 0.2) is 61.1 Å². The molecule has 0 aliphatic rings. The van der Waals surface area contributed by atoms with Gasteiger partial charge in [-0.05, 0) is 29.8 Å². The largest absolute Gasteiger partial charge is 0.337 e. The Morgan fingerprint density at radius 1 is 1.13 bits per heavy atom. The highest BCUT2D eigenvalue weighted by Crippen LogP contribution is 2.21. The maximum Gasteiger partial charge on any atom is 0.270 e. The van der Waals surface area contributed by atoms with Crippen LogP contribution in [0.4, 0.5) is 4.39 Å². The number of hydrogen-bond acceptors (Lipinski definition) is 3. The second-order valence-electron chi connectivity index (χ2n) is 5.07. The molecule has 0 unspecified atom stereocenters. The first kappa shape index (κ1) is 14.9. The molecule has 0 bridgehead atoms. The Balaban J connectivity index is 1.94. The van der Waals surface area contributed by atoms with Gasteiger partial charge in [-0.25, -0.2) is 9.37 Å². The lowest BCUT2D eigenvalue weighted by molar-refractivity contribution is 0.0936. The Morgan fingerprint density at radius 3 is 2.52 bits per heavy atom. The van der Waals surface area contributed by atoms with Gasteiger partial charge in [0.05, 0.1) is 0 Å². The number of hydrogen-bond donors (Lipinski definition) is 1. The van der Waals surface area contributed by atoms with Crippen LogP contribution in [0.1, 0.15) is 27.9 Å². The molecule has 0 saturated heterocycles. The normalized spacial score (nSPS) is 11.9. The Bertz CT molecular complexity index is 799. The molecule has 0 fully saturated rings. The van der Waals surface area contributed by atoms with Crippen LogP contribution in [0.3, 0.4) is 0 Å². The predicted molar refractivity (Wildman–Crippen MR) is 83.2 cm³/mol. The van der Waals surface area contributed by atoms with Gasteiger partial charge in [0.1, 0.15) is 23.4 Å². The Kier molecular flexibility index (Phi) is 4.14. The molecule has 2 aromatic heterocycles. The predicted octanol–water partition coefficient (Wildman–Crippen LogP) is 2.47. The number of pyridine rings is 1. The average Bonchev–Trinajstić information content (AvgIpc) is 3.00. The fraction of sp³-hybridized carbons (Fsp3) is 0.118. The number of nitrogens with one attached hydrogen (secondary N) is 1. The van der Waals surface area contributed by atoms with E-state index in [1.54, 1.807) is 48.9 Å². The van der Waals surface area contributed by atoms with E-state index in [2.05, 4.69) is 15.3 Å². The number of aromatic nitrogens is 3. The fourth-order valence-electron chi connectivity index (χ4n) is 2.31. The molecule has 3 aromatic rings. The molecular weight excluding hydrogens is 295 g/mol. The molecule has 0 radical (unpaired) electrons. The molecule has 1 atom stereocenters. The first-order valence-corrected chi connectivity index (χ1v) is 7.10. The first-order chi connectivity index (χ1) is 11.1. The van der Waals surface area contributed by atoms with Crippen molar-refractivity contribution in [2.75, 3.05) is 0 Å². The van der Waals surface area contributed by atoms with E-state index in [1.165, 1.54) is 12.1 Å². The average molecular weight is 310 g/mol. The molecule has 1 N–H and O–H groups in total. The van der Waals surface area contributed by atoms with Crippen LogP contribution in [0.25, 0.3) is 0 Å².